The quantitative estimate of drug-likeness (QED) is 0.868. The summed E-state index contributed by atoms with van der Waals surface area (Å²) in [6, 6.07) is 9.97. The van der Waals surface area contributed by atoms with Crippen LogP contribution in [0.4, 0.5) is 0 Å². The number of hydrogen-bond acceptors (Lipinski definition) is 2. The van der Waals surface area contributed by atoms with E-state index < -0.39 is 0 Å². The van der Waals surface area contributed by atoms with Crippen LogP contribution in [-0.4, -0.2) is 24.0 Å². The first-order valence-corrected chi connectivity index (χ1v) is 6.74. The number of aryl methyl sites for hydroxylation is 1. The van der Waals surface area contributed by atoms with Gasteiger partial charge in [0.15, 0.2) is 0 Å². The molecule has 17 heavy (non-hydrogen) atoms. The summed E-state index contributed by atoms with van der Waals surface area (Å²) < 4.78 is 0. The lowest BCUT2D eigenvalue weighted by Gasteiger charge is -2.39. The number of hydrogen-bond donors (Lipinski definition) is 1. The van der Waals surface area contributed by atoms with Crippen LogP contribution in [-0.2, 0) is 0 Å². The van der Waals surface area contributed by atoms with Crippen LogP contribution in [0.1, 0.15) is 43.4 Å². The molecule has 0 bridgehead atoms. The summed E-state index contributed by atoms with van der Waals surface area (Å²) in [7, 11) is 0. The highest BCUT2D eigenvalue weighted by molar-refractivity contribution is 5.24. The molecule has 2 N–H and O–H groups in total. The van der Waals surface area contributed by atoms with Crippen LogP contribution < -0.4 is 5.73 Å². The molecule has 0 spiro atoms. The highest BCUT2D eigenvalue weighted by Crippen LogP contribution is 2.27. The monoisotopic (exact) mass is 232 g/mol. The fourth-order valence-electron chi connectivity index (χ4n) is 2.82. The lowest BCUT2D eigenvalue weighted by atomic mass is 9.97. The second kappa shape index (κ2) is 5.65. The first kappa shape index (κ1) is 12.6. The Balaban J connectivity index is 2.12. The van der Waals surface area contributed by atoms with Gasteiger partial charge >= 0.3 is 0 Å². The van der Waals surface area contributed by atoms with Gasteiger partial charge in [-0.2, -0.15) is 0 Å². The van der Waals surface area contributed by atoms with Gasteiger partial charge in [0.1, 0.15) is 0 Å². The molecule has 0 aromatic heterocycles. The number of likely N-dealkylation sites (tertiary alicyclic amines) is 1. The molecule has 2 unspecified atom stereocenters. The van der Waals surface area contributed by atoms with Crippen LogP contribution in [0.3, 0.4) is 0 Å². The van der Waals surface area contributed by atoms with E-state index in [2.05, 4.69) is 43.0 Å². The van der Waals surface area contributed by atoms with E-state index in [1.165, 1.54) is 36.9 Å². The van der Waals surface area contributed by atoms with Crippen LogP contribution in [0.5, 0.6) is 0 Å². The van der Waals surface area contributed by atoms with Crippen LogP contribution >= 0.6 is 0 Å². The molecule has 0 aliphatic carbocycles. The lowest BCUT2D eigenvalue weighted by molar-refractivity contribution is 0.108. The summed E-state index contributed by atoms with van der Waals surface area (Å²) in [6.45, 7) is 6.42. The van der Waals surface area contributed by atoms with Gasteiger partial charge in [-0.3, -0.25) is 4.90 Å². The average molecular weight is 232 g/mol. The van der Waals surface area contributed by atoms with Crippen molar-refractivity contribution < 1.29 is 0 Å². The van der Waals surface area contributed by atoms with E-state index in [1.54, 1.807) is 0 Å². The molecule has 0 saturated carbocycles. The van der Waals surface area contributed by atoms with Crippen LogP contribution in [0.2, 0.25) is 0 Å². The third kappa shape index (κ3) is 2.88. The molecule has 1 aliphatic heterocycles. The number of nitrogens with two attached hydrogens (primary N) is 1. The average Bonchev–Trinajstić information content (AvgIpc) is 2.39. The van der Waals surface area contributed by atoms with Gasteiger partial charge in [0.05, 0.1) is 0 Å². The molecular weight excluding hydrogens is 208 g/mol. The van der Waals surface area contributed by atoms with E-state index in [1.807, 2.05) is 0 Å². The molecule has 0 amide bonds. The summed E-state index contributed by atoms with van der Waals surface area (Å²) in [5, 5.41) is 0. The van der Waals surface area contributed by atoms with Gasteiger partial charge in [0.2, 0.25) is 0 Å². The molecule has 2 nitrogen and oxygen atoms in total. The summed E-state index contributed by atoms with van der Waals surface area (Å²) >= 11 is 0. The largest absolute Gasteiger partial charge is 0.329 e. The Hall–Kier alpha value is -0.860. The molecule has 2 heteroatoms. The Morgan fingerprint density at radius 3 is 2.65 bits per heavy atom. The van der Waals surface area contributed by atoms with E-state index in [9.17, 15) is 0 Å². The Morgan fingerprint density at radius 2 is 2.00 bits per heavy atom. The molecule has 1 aliphatic rings. The summed E-state index contributed by atoms with van der Waals surface area (Å²) in [5.41, 5.74) is 8.63. The van der Waals surface area contributed by atoms with Crippen molar-refractivity contribution in [3.8, 4) is 0 Å². The van der Waals surface area contributed by atoms with E-state index >= 15 is 0 Å². The molecule has 0 radical (unpaired) electrons. The molecule has 2 atom stereocenters. The minimum atomic E-state index is 0.490. The van der Waals surface area contributed by atoms with Crippen LogP contribution in [0, 0.1) is 6.92 Å². The summed E-state index contributed by atoms with van der Waals surface area (Å²) in [5.74, 6) is 0. The predicted molar refractivity (Wildman–Crippen MR) is 73.0 cm³/mol. The molecule has 1 saturated heterocycles. The van der Waals surface area contributed by atoms with Gasteiger partial charge < -0.3 is 5.73 Å². The standard InChI is InChI=1S/C15H24N2/c1-12-6-8-14(9-7-12)13(2)17-10-4-3-5-15(17)11-16/h6-9,13,15H,3-5,10-11,16H2,1-2H3. The molecular formula is C15H24N2. The van der Waals surface area contributed by atoms with Crippen molar-refractivity contribution in [2.45, 2.75) is 45.2 Å². The predicted octanol–water partition coefficient (Wildman–Crippen LogP) is 2.87. The zero-order valence-electron chi connectivity index (χ0n) is 11.0. The van der Waals surface area contributed by atoms with Crippen molar-refractivity contribution in [3.05, 3.63) is 35.4 Å². The van der Waals surface area contributed by atoms with E-state index in [0.717, 1.165) is 6.54 Å². The maximum absolute atomic E-state index is 5.89. The van der Waals surface area contributed by atoms with Gasteiger partial charge in [0, 0.05) is 18.6 Å². The van der Waals surface area contributed by atoms with Crippen molar-refractivity contribution >= 4 is 0 Å². The maximum Gasteiger partial charge on any atom is 0.0323 e. The van der Waals surface area contributed by atoms with E-state index in [-0.39, 0.29) is 0 Å². The second-order valence-corrected chi connectivity index (χ2v) is 5.21. The molecule has 1 heterocycles. The van der Waals surface area contributed by atoms with E-state index in [0.29, 0.717) is 12.1 Å². The van der Waals surface area contributed by atoms with Crippen molar-refractivity contribution in [2.24, 2.45) is 5.73 Å². The zero-order valence-corrected chi connectivity index (χ0v) is 11.0. The maximum atomic E-state index is 5.89. The smallest absolute Gasteiger partial charge is 0.0323 e. The van der Waals surface area contributed by atoms with Gasteiger partial charge in [-0.15, -0.1) is 0 Å². The Kier molecular flexibility index (Phi) is 4.19. The molecule has 1 aromatic rings. The number of piperidine rings is 1. The molecule has 2 rings (SSSR count). The van der Waals surface area contributed by atoms with Gasteiger partial charge in [-0.25, -0.2) is 0 Å². The van der Waals surface area contributed by atoms with Crippen LogP contribution in [0.15, 0.2) is 24.3 Å². The Morgan fingerprint density at radius 1 is 1.29 bits per heavy atom. The van der Waals surface area contributed by atoms with Crippen molar-refractivity contribution in [1.82, 2.24) is 4.90 Å². The van der Waals surface area contributed by atoms with E-state index in [4.69, 9.17) is 5.73 Å². The number of rotatable bonds is 3. The first-order valence-electron chi connectivity index (χ1n) is 6.74. The third-order valence-electron chi connectivity index (χ3n) is 4.00. The van der Waals surface area contributed by atoms with Crippen molar-refractivity contribution in [3.63, 3.8) is 0 Å². The van der Waals surface area contributed by atoms with Crippen LogP contribution in [0.25, 0.3) is 0 Å². The summed E-state index contributed by atoms with van der Waals surface area (Å²) in [6.07, 6.45) is 3.90. The zero-order chi connectivity index (χ0) is 12.3. The normalized spacial score (nSPS) is 23.6. The van der Waals surface area contributed by atoms with Crippen molar-refractivity contribution in [1.29, 1.82) is 0 Å². The minimum absolute atomic E-state index is 0.490. The topological polar surface area (TPSA) is 29.3 Å². The van der Waals surface area contributed by atoms with Crippen molar-refractivity contribution in [2.75, 3.05) is 13.1 Å². The third-order valence-corrected chi connectivity index (χ3v) is 4.00. The molecule has 1 aromatic carbocycles. The Labute approximate surface area is 105 Å². The highest BCUT2D eigenvalue weighted by atomic mass is 15.2. The van der Waals surface area contributed by atoms with Gasteiger partial charge in [-0.05, 0) is 38.8 Å². The fraction of sp³-hybridized carbons (Fsp3) is 0.600. The molecule has 94 valence electrons. The summed E-state index contributed by atoms with van der Waals surface area (Å²) in [4.78, 5) is 2.58. The SMILES string of the molecule is Cc1ccc(C(C)N2CCCCC2CN)cc1. The molecule has 1 fully saturated rings. The fourth-order valence-corrected chi connectivity index (χ4v) is 2.82. The van der Waals surface area contributed by atoms with Gasteiger partial charge in [0.25, 0.3) is 0 Å². The number of benzene rings is 1. The minimum Gasteiger partial charge on any atom is -0.329 e. The second-order valence-electron chi connectivity index (χ2n) is 5.21. The van der Waals surface area contributed by atoms with Gasteiger partial charge in [-0.1, -0.05) is 36.2 Å². The Bertz CT molecular complexity index is 344. The highest BCUT2D eigenvalue weighted by Gasteiger charge is 2.25. The first-order chi connectivity index (χ1) is 8.22. The lowest BCUT2D eigenvalue weighted by Crippen LogP contribution is -2.45. The number of nitrogens with zero attached hydrogens (tertiary/aromatic N) is 1.